The van der Waals surface area contributed by atoms with Crippen molar-refractivity contribution in [1.82, 2.24) is 0 Å². The third kappa shape index (κ3) is 11.7. The summed E-state index contributed by atoms with van der Waals surface area (Å²) in [5, 5.41) is 22.2. The molecule has 8 atom stereocenters. The summed E-state index contributed by atoms with van der Waals surface area (Å²) in [6.45, 7) is 18.5. The van der Waals surface area contributed by atoms with Gasteiger partial charge in [0, 0.05) is 13.8 Å². The van der Waals surface area contributed by atoms with Gasteiger partial charge >= 0.3 is 11.9 Å². The SMILES string of the molecule is CC(=O)O[C@@H](CC[C@]1(C)O[C@@H]1CC[C@H]1O[C@@]1(C)CC[C@H](OC(C)=O)[C@](C)(O)CCC=C(C)C)[C@](C)(O)CCC=C(C)C. The van der Waals surface area contributed by atoms with Gasteiger partial charge in [0.2, 0.25) is 0 Å². The fourth-order valence-electron chi connectivity index (χ4n) is 5.91. The summed E-state index contributed by atoms with van der Waals surface area (Å²) in [6.07, 6.45) is 9.72. The fraction of sp³-hybridized carbons (Fsp3) is 0.824. The number of rotatable bonds is 19. The van der Waals surface area contributed by atoms with Gasteiger partial charge in [-0.3, -0.25) is 9.59 Å². The Hall–Kier alpha value is -1.74. The molecule has 42 heavy (non-hydrogen) atoms. The van der Waals surface area contributed by atoms with Crippen molar-refractivity contribution in [2.24, 2.45) is 0 Å². The normalized spacial score (nSPS) is 28.9. The fourth-order valence-corrected chi connectivity index (χ4v) is 5.91. The zero-order valence-corrected chi connectivity index (χ0v) is 27.9. The molecule has 2 aliphatic heterocycles. The van der Waals surface area contributed by atoms with Crippen LogP contribution >= 0.6 is 0 Å². The minimum Gasteiger partial charge on any atom is -0.460 e. The zero-order valence-electron chi connectivity index (χ0n) is 27.9. The molecule has 0 bridgehead atoms. The molecule has 0 aliphatic carbocycles. The molecule has 8 heteroatoms. The van der Waals surface area contributed by atoms with Gasteiger partial charge in [0.15, 0.2) is 0 Å². The Morgan fingerprint density at radius 2 is 1.07 bits per heavy atom. The first-order valence-electron chi connectivity index (χ1n) is 15.7. The summed E-state index contributed by atoms with van der Waals surface area (Å²) in [4.78, 5) is 23.6. The summed E-state index contributed by atoms with van der Waals surface area (Å²) in [7, 11) is 0. The maximum absolute atomic E-state index is 11.8. The quantitative estimate of drug-likeness (QED) is 0.0988. The van der Waals surface area contributed by atoms with E-state index < -0.39 is 35.3 Å². The molecule has 0 saturated carbocycles. The summed E-state index contributed by atoms with van der Waals surface area (Å²) in [6, 6.07) is 0. The number of carbonyl (C=O) groups excluding carboxylic acids is 2. The number of aliphatic hydroxyl groups is 2. The van der Waals surface area contributed by atoms with Crippen molar-refractivity contribution in [2.75, 3.05) is 0 Å². The van der Waals surface area contributed by atoms with E-state index in [0.29, 0.717) is 38.5 Å². The van der Waals surface area contributed by atoms with E-state index in [1.54, 1.807) is 13.8 Å². The molecule has 0 radical (unpaired) electrons. The minimum absolute atomic E-state index is 0.0872. The van der Waals surface area contributed by atoms with Gasteiger partial charge in [-0.25, -0.2) is 0 Å². The van der Waals surface area contributed by atoms with Crippen LogP contribution in [-0.4, -0.2) is 69.0 Å². The van der Waals surface area contributed by atoms with Crippen LogP contribution in [0.5, 0.6) is 0 Å². The molecule has 2 rings (SSSR count). The number of hydrogen-bond acceptors (Lipinski definition) is 8. The Morgan fingerprint density at radius 1 is 0.738 bits per heavy atom. The molecule has 8 nitrogen and oxygen atoms in total. The van der Waals surface area contributed by atoms with Crippen molar-refractivity contribution in [3.05, 3.63) is 23.3 Å². The summed E-state index contributed by atoms with van der Waals surface area (Å²) < 4.78 is 23.3. The monoisotopic (exact) mass is 594 g/mol. The average Bonchev–Trinajstić information content (AvgIpc) is 3.70. The van der Waals surface area contributed by atoms with Crippen LogP contribution in [0.15, 0.2) is 23.3 Å². The lowest BCUT2D eigenvalue weighted by atomic mass is 9.86. The highest BCUT2D eigenvalue weighted by molar-refractivity contribution is 5.66. The molecule has 0 amide bonds. The highest BCUT2D eigenvalue weighted by atomic mass is 16.6. The summed E-state index contributed by atoms with van der Waals surface area (Å²) in [5.41, 5.74) is -0.490. The van der Waals surface area contributed by atoms with E-state index in [9.17, 15) is 19.8 Å². The number of esters is 2. The van der Waals surface area contributed by atoms with E-state index in [1.165, 1.54) is 25.0 Å². The van der Waals surface area contributed by atoms with Crippen molar-refractivity contribution in [3.8, 4) is 0 Å². The van der Waals surface area contributed by atoms with Gasteiger partial charge in [-0.05, 0) is 120 Å². The Balaban J connectivity index is 1.84. The number of hydrogen-bond donors (Lipinski definition) is 2. The van der Waals surface area contributed by atoms with E-state index in [1.807, 2.05) is 27.7 Å². The highest BCUT2D eigenvalue weighted by Crippen LogP contribution is 2.49. The second-order valence-corrected chi connectivity index (χ2v) is 14.0. The third-order valence-corrected chi connectivity index (χ3v) is 8.98. The van der Waals surface area contributed by atoms with Crippen LogP contribution in [0.1, 0.15) is 133 Å². The van der Waals surface area contributed by atoms with Crippen LogP contribution in [-0.2, 0) is 28.5 Å². The standard InChI is InChI=1S/C34H58O8/c1-23(2)13-11-19-31(7,37)27(39-25(5)35)17-21-33(9)29(41-33)15-16-30-34(10,42-30)22-18-28(40-26(6)36)32(8,38)20-12-14-24(3)4/h13-14,27-30,37-38H,11-12,15-22H2,1-10H3/t27-,28-,29+,30+,31+,32+,33-,34-/m0/s1. The first kappa shape index (κ1) is 36.5. The van der Waals surface area contributed by atoms with Crippen LogP contribution in [0, 0.1) is 0 Å². The van der Waals surface area contributed by atoms with Crippen molar-refractivity contribution < 1.29 is 38.7 Å². The van der Waals surface area contributed by atoms with Gasteiger partial charge in [0.05, 0.1) is 34.6 Å². The average molecular weight is 595 g/mol. The van der Waals surface area contributed by atoms with Crippen LogP contribution < -0.4 is 0 Å². The topological polar surface area (TPSA) is 118 Å². The van der Waals surface area contributed by atoms with Crippen molar-refractivity contribution in [2.45, 2.75) is 180 Å². The molecule has 0 aromatic rings. The van der Waals surface area contributed by atoms with E-state index >= 15 is 0 Å². The molecular weight excluding hydrogens is 536 g/mol. The van der Waals surface area contributed by atoms with Crippen LogP contribution in [0.3, 0.4) is 0 Å². The number of allylic oxidation sites excluding steroid dienone is 4. The zero-order chi connectivity index (χ0) is 31.9. The van der Waals surface area contributed by atoms with Crippen molar-refractivity contribution >= 4 is 11.9 Å². The summed E-state index contributed by atoms with van der Waals surface area (Å²) >= 11 is 0. The Bertz CT molecular complexity index is 896. The first-order valence-corrected chi connectivity index (χ1v) is 15.7. The van der Waals surface area contributed by atoms with Crippen molar-refractivity contribution in [1.29, 1.82) is 0 Å². The molecule has 242 valence electrons. The van der Waals surface area contributed by atoms with Crippen molar-refractivity contribution in [3.63, 3.8) is 0 Å². The molecule has 2 N–H and O–H groups in total. The molecule has 0 aromatic heterocycles. The Kier molecular flexibility index (Phi) is 12.9. The van der Waals surface area contributed by atoms with Gasteiger partial charge in [-0.1, -0.05) is 23.3 Å². The molecule has 0 spiro atoms. The molecule has 2 saturated heterocycles. The molecule has 2 fully saturated rings. The number of ether oxygens (including phenoxy) is 4. The van der Waals surface area contributed by atoms with Gasteiger partial charge in [-0.2, -0.15) is 0 Å². The van der Waals surface area contributed by atoms with Gasteiger partial charge in [0.25, 0.3) is 0 Å². The molecular formula is C34H58O8. The smallest absolute Gasteiger partial charge is 0.303 e. The predicted octanol–water partition coefficient (Wildman–Crippen LogP) is 6.50. The maximum Gasteiger partial charge on any atom is 0.303 e. The molecule has 2 heterocycles. The van der Waals surface area contributed by atoms with E-state index in [2.05, 4.69) is 26.0 Å². The lowest BCUT2D eigenvalue weighted by molar-refractivity contribution is -0.163. The van der Waals surface area contributed by atoms with Crippen LogP contribution in [0.2, 0.25) is 0 Å². The van der Waals surface area contributed by atoms with Gasteiger partial charge in [0.1, 0.15) is 12.2 Å². The highest BCUT2D eigenvalue weighted by Gasteiger charge is 2.56. The van der Waals surface area contributed by atoms with E-state index in [4.69, 9.17) is 18.9 Å². The van der Waals surface area contributed by atoms with E-state index in [0.717, 1.165) is 25.7 Å². The predicted molar refractivity (Wildman–Crippen MR) is 164 cm³/mol. The number of epoxide rings is 2. The first-order chi connectivity index (χ1) is 19.3. The maximum atomic E-state index is 11.8. The second-order valence-electron chi connectivity index (χ2n) is 14.0. The molecule has 0 aromatic carbocycles. The number of carbonyl (C=O) groups is 2. The Morgan fingerprint density at radius 3 is 1.36 bits per heavy atom. The lowest BCUT2D eigenvalue weighted by Crippen LogP contribution is -2.42. The molecule has 0 unspecified atom stereocenters. The molecule has 2 aliphatic rings. The third-order valence-electron chi connectivity index (χ3n) is 8.98. The summed E-state index contributed by atoms with van der Waals surface area (Å²) in [5.74, 6) is -0.784. The lowest BCUT2D eigenvalue weighted by Gasteiger charge is -2.32. The largest absolute Gasteiger partial charge is 0.460 e. The second kappa shape index (κ2) is 14.8. The van der Waals surface area contributed by atoms with Gasteiger partial charge < -0.3 is 29.2 Å². The van der Waals surface area contributed by atoms with Gasteiger partial charge in [-0.15, -0.1) is 0 Å². The van der Waals surface area contributed by atoms with E-state index in [-0.39, 0.29) is 23.4 Å². The van der Waals surface area contributed by atoms with Crippen LogP contribution in [0.25, 0.3) is 0 Å². The van der Waals surface area contributed by atoms with Crippen LogP contribution in [0.4, 0.5) is 0 Å². The Labute approximate surface area is 254 Å². The minimum atomic E-state index is -1.12.